The average Bonchev–Trinajstić information content (AvgIpc) is 3.25. The Labute approximate surface area is 172 Å². The van der Waals surface area contributed by atoms with Gasteiger partial charge in [0.1, 0.15) is 11.5 Å². The third-order valence-electron chi connectivity index (χ3n) is 5.23. The fourth-order valence-corrected chi connectivity index (χ4v) is 3.60. The molecule has 0 spiro atoms. The number of furan rings is 1. The van der Waals surface area contributed by atoms with E-state index in [1.165, 1.54) is 24.1 Å². The van der Waals surface area contributed by atoms with Gasteiger partial charge in [-0.25, -0.2) is 4.79 Å². The Bertz CT molecular complexity index is 858. The first-order chi connectivity index (χ1) is 14.2. The summed E-state index contributed by atoms with van der Waals surface area (Å²) in [5, 5.41) is 11.8. The smallest absolute Gasteiger partial charge is 0.475 e. The number of aromatic nitrogens is 2. The summed E-state index contributed by atoms with van der Waals surface area (Å²) >= 11 is 0. The summed E-state index contributed by atoms with van der Waals surface area (Å²) in [4.78, 5) is 11.4. The van der Waals surface area contributed by atoms with Crippen LogP contribution >= 0.6 is 0 Å². The van der Waals surface area contributed by atoms with Crippen molar-refractivity contribution < 1.29 is 32.2 Å². The lowest BCUT2D eigenvalue weighted by Gasteiger charge is -2.35. The van der Waals surface area contributed by atoms with Crippen molar-refractivity contribution in [1.29, 1.82) is 0 Å². The molecule has 0 radical (unpaired) electrons. The van der Waals surface area contributed by atoms with E-state index in [0.717, 1.165) is 43.5 Å². The molecule has 0 bridgehead atoms. The van der Waals surface area contributed by atoms with E-state index in [1.807, 2.05) is 13.0 Å². The van der Waals surface area contributed by atoms with Crippen molar-refractivity contribution in [2.24, 2.45) is 5.92 Å². The van der Waals surface area contributed by atoms with Gasteiger partial charge < -0.3 is 14.3 Å². The standard InChI is InChI=1S/C18H25N3O2.C2HF3O2/c1-13-3-6-16(23-13)11-20-8-7-15-9-19-21(10-14-4-5-14)18(15)17(20)12-22-2;3-2(4,5)1(6)7/h3,6,9,14,17H,4-5,7-8,10-12H2,1-2H3;(H,6,7). The van der Waals surface area contributed by atoms with Gasteiger partial charge in [-0.3, -0.25) is 9.58 Å². The number of methoxy groups -OCH3 is 1. The van der Waals surface area contributed by atoms with Crippen LogP contribution in [-0.2, 0) is 29.0 Å². The van der Waals surface area contributed by atoms with Crippen LogP contribution in [0.4, 0.5) is 13.2 Å². The number of nitrogens with zero attached hydrogens (tertiary/aromatic N) is 3. The minimum atomic E-state index is -5.08. The second kappa shape index (κ2) is 9.22. The van der Waals surface area contributed by atoms with Crippen molar-refractivity contribution >= 4 is 5.97 Å². The van der Waals surface area contributed by atoms with Gasteiger partial charge in [0.15, 0.2) is 0 Å². The Morgan fingerprint density at radius 2 is 2.07 bits per heavy atom. The first-order valence-corrected chi connectivity index (χ1v) is 9.82. The molecule has 3 heterocycles. The van der Waals surface area contributed by atoms with E-state index in [9.17, 15) is 13.2 Å². The highest BCUT2D eigenvalue weighted by Gasteiger charge is 2.38. The number of rotatable bonds is 6. The molecule has 0 aromatic carbocycles. The van der Waals surface area contributed by atoms with Gasteiger partial charge in [0, 0.05) is 20.2 Å². The molecule has 1 atom stereocenters. The molecule has 1 saturated carbocycles. The Balaban J connectivity index is 0.000000318. The normalized spacial score (nSPS) is 19.2. The topological polar surface area (TPSA) is 80.7 Å². The van der Waals surface area contributed by atoms with Gasteiger partial charge >= 0.3 is 12.1 Å². The van der Waals surface area contributed by atoms with Crippen LogP contribution < -0.4 is 0 Å². The van der Waals surface area contributed by atoms with Gasteiger partial charge in [-0.05, 0) is 49.8 Å². The van der Waals surface area contributed by atoms with Gasteiger partial charge in [-0.2, -0.15) is 18.3 Å². The highest BCUT2D eigenvalue weighted by molar-refractivity contribution is 5.73. The number of hydrogen-bond donors (Lipinski definition) is 1. The molecule has 2 aromatic heterocycles. The van der Waals surface area contributed by atoms with Crippen LogP contribution in [0.25, 0.3) is 0 Å². The molecule has 1 N–H and O–H groups in total. The molecular weight excluding hydrogens is 403 g/mol. The van der Waals surface area contributed by atoms with Gasteiger partial charge in [0.25, 0.3) is 0 Å². The Kier molecular flexibility index (Phi) is 6.87. The molecule has 10 heteroatoms. The zero-order valence-electron chi connectivity index (χ0n) is 17.0. The van der Waals surface area contributed by atoms with E-state index in [2.05, 4.69) is 26.9 Å². The predicted octanol–water partition coefficient (Wildman–Crippen LogP) is 3.57. The van der Waals surface area contributed by atoms with E-state index in [-0.39, 0.29) is 6.04 Å². The number of halogens is 3. The maximum Gasteiger partial charge on any atom is 0.490 e. The van der Waals surface area contributed by atoms with E-state index in [1.54, 1.807) is 7.11 Å². The quantitative estimate of drug-likeness (QED) is 0.756. The molecule has 166 valence electrons. The second-order valence-corrected chi connectivity index (χ2v) is 7.69. The first-order valence-electron chi connectivity index (χ1n) is 9.82. The summed E-state index contributed by atoms with van der Waals surface area (Å²) < 4.78 is 45.3. The largest absolute Gasteiger partial charge is 0.490 e. The van der Waals surface area contributed by atoms with Crippen LogP contribution in [0.1, 0.15) is 41.7 Å². The Morgan fingerprint density at radius 3 is 2.60 bits per heavy atom. The van der Waals surface area contributed by atoms with Gasteiger partial charge in [0.05, 0.1) is 31.1 Å². The van der Waals surface area contributed by atoms with Crippen LogP contribution in [-0.4, -0.2) is 52.2 Å². The number of carboxylic acid groups (broad SMARTS) is 1. The fourth-order valence-electron chi connectivity index (χ4n) is 3.60. The summed E-state index contributed by atoms with van der Waals surface area (Å²) in [6, 6.07) is 4.37. The third-order valence-corrected chi connectivity index (χ3v) is 5.23. The minimum absolute atomic E-state index is 0.260. The molecule has 30 heavy (non-hydrogen) atoms. The monoisotopic (exact) mass is 429 g/mol. The summed E-state index contributed by atoms with van der Waals surface area (Å²) in [5.41, 5.74) is 2.74. The van der Waals surface area contributed by atoms with Crippen molar-refractivity contribution in [3.63, 3.8) is 0 Å². The van der Waals surface area contributed by atoms with Crippen LogP contribution in [0.2, 0.25) is 0 Å². The molecule has 1 aliphatic heterocycles. The summed E-state index contributed by atoms with van der Waals surface area (Å²) in [6.45, 7) is 5.60. The molecule has 2 aromatic rings. The average molecular weight is 429 g/mol. The lowest BCUT2D eigenvalue weighted by molar-refractivity contribution is -0.192. The molecule has 1 fully saturated rings. The van der Waals surface area contributed by atoms with Crippen molar-refractivity contribution in [2.45, 2.75) is 51.5 Å². The first kappa shape index (κ1) is 22.4. The maximum absolute atomic E-state index is 10.6. The summed E-state index contributed by atoms with van der Waals surface area (Å²) in [7, 11) is 1.78. The molecule has 1 unspecified atom stereocenters. The molecule has 7 nitrogen and oxygen atoms in total. The highest BCUT2D eigenvalue weighted by atomic mass is 19.4. The second-order valence-electron chi connectivity index (χ2n) is 7.69. The lowest BCUT2D eigenvalue weighted by atomic mass is 10.00. The molecule has 4 rings (SSSR count). The third kappa shape index (κ3) is 5.63. The van der Waals surface area contributed by atoms with Crippen LogP contribution in [0, 0.1) is 12.8 Å². The van der Waals surface area contributed by atoms with Crippen molar-refractivity contribution in [2.75, 3.05) is 20.3 Å². The number of fused-ring (bicyclic) bond motifs is 1. The van der Waals surface area contributed by atoms with Crippen LogP contribution in [0.3, 0.4) is 0 Å². The summed E-state index contributed by atoms with van der Waals surface area (Å²) in [6.07, 6.45) is 0.729. The molecule has 0 amide bonds. The van der Waals surface area contributed by atoms with Crippen molar-refractivity contribution in [3.8, 4) is 0 Å². The van der Waals surface area contributed by atoms with E-state index in [0.29, 0.717) is 6.61 Å². The van der Waals surface area contributed by atoms with E-state index >= 15 is 0 Å². The zero-order valence-corrected chi connectivity index (χ0v) is 17.0. The Morgan fingerprint density at radius 1 is 1.37 bits per heavy atom. The van der Waals surface area contributed by atoms with Crippen molar-refractivity contribution in [1.82, 2.24) is 14.7 Å². The minimum Gasteiger partial charge on any atom is -0.475 e. The van der Waals surface area contributed by atoms with E-state index in [4.69, 9.17) is 19.1 Å². The number of aryl methyl sites for hydroxylation is 1. The lowest BCUT2D eigenvalue weighted by Crippen LogP contribution is -2.38. The van der Waals surface area contributed by atoms with Gasteiger partial charge in [-0.1, -0.05) is 0 Å². The predicted molar refractivity (Wildman–Crippen MR) is 101 cm³/mol. The van der Waals surface area contributed by atoms with Crippen LogP contribution in [0.5, 0.6) is 0 Å². The summed E-state index contributed by atoms with van der Waals surface area (Å²) in [5.74, 6) is 0.0675. The van der Waals surface area contributed by atoms with Crippen LogP contribution in [0.15, 0.2) is 22.7 Å². The number of carbonyl (C=O) groups is 1. The number of hydrogen-bond acceptors (Lipinski definition) is 5. The van der Waals surface area contributed by atoms with E-state index < -0.39 is 12.1 Å². The van der Waals surface area contributed by atoms with Gasteiger partial charge in [0.2, 0.25) is 0 Å². The SMILES string of the molecule is COCC1c2c(cnn2CC2CC2)CCN1Cc1ccc(C)o1.O=C(O)C(F)(F)F. The fraction of sp³-hybridized carbons (Fsp3) is 0.600. The molecular formula is C20H26F3N3O4. The number of ether oxygens (including phenoxy) is 1. The Hall–Kier alpha value is -2.33. The number of carboxylic acids is 1. The van der Waals surface area contributed by atoms with Gasteiger partial charge in [-0.15, -0.1) is 0 Å². The zero-order chi connectivity index (χ0) is 21.9. The highest BCUT2D eigenvalue weighted by Crippen LogP contribution is 2.35. The molecule has 1 aliphatic carbocycles. The maximum atomic E-state index is 10.6. The number of aliphatic carboxylic acids is 1. The number of alkyl halides is 3. The molecule has 2 aliphatic rings. The van der Waals surface area contributed by atoms with Crippen molar-refractivity contribution in [3.05, 3.63) is 41.1 Å². The molecule has 0 saturated heterocycles.